The number of halogens is 3. The van der Waals surface area contributed by atoms with Gasteiger partial charge in [0.1, 0.15) is 17.5 Å². The molecule has 0 saturated carbocycles. The third-order valence-electron chi connectivity index (χ3n) is 4.18. The Labute approximate surface area is 163 Å². The van der Waals surface area contributed by atoms with Crippen molar-refractivity contribution in [3.63, 3.8) is 0 Å². The molecular formula is C20H34F3N2OP. The van der Waals surface area contributed by atoms with E-state index in [9.17, 15) is 13.2 Å². The highest BCUT2D eigenvalue weighted by atomic mass is 31.2. The maximum atomic E-state index is 13.9. The summed E-state index contributed by atoms with van der Waals surface area (Å²) in [6.07, 6.45) is 0.0604. The summed E-state index contributed by atoms with van der Waals surface area (Å²) in [5.74, 6) is -2.64. The number of benzene rings is 1. The maximum Gasteiger partial charge on any atom is 0.188 e. The molecule has 0 radical (unpaired) electrons. The molecule has 0 aliphatic rings. The van der Waals surface area contributed by atoms with E-state index >= 15 is 0 Å². The van der Waals surface area contributed by atoms with Crippen molar-refractivity contribution < 1.29 is 17.7 Å². The summed E-state index contributed by atoms with van der Waals surface area (Å²) in [5, 5.41) is 0. The molecule has 1 aromatic carbocycles. The minimum atomic E-state index is -1.12. The molecule has 156 valence electrons. The van der Waals surface area contributed by atoms with Crippen molar-refractivity contribution in [1.29, 1.82) is 0 Å². The molecule has 0 heterocycles. The molecule has 0 spiro atoms. The van der Waals surface area contributed by atoms with E-state index in [0.29, 0.717) is 12.1 Å². The van der Waals surface area contributed by atoms with Gasteiger partial charge in [-0.1, -0.05) is 0 Å². The summed E-state index contributed by atoms with van der Waals surface area (Å²) >= 11 is 0. The van der Waals surface area contributed by atoms with Crippen LogP contribution in [0.4, 0.5) is 13.2 Å². The third-order valence-corrected chi connectivity index (χ3v) is 7.23. The van der Waals surface area contributed by atoms with Crippen molar-refractivity contribution in [3.8, 4) is 0 Å². The average molecular weight is 406 g/mol. The first-order chi connectivity index (χ1) is 12.5. The number of rotatable bonds is 10. The van der Waals surface area contributed by atoms with Crippen LogP contribution in [0.1, 0.15) is 61.0 Å². The van der Waals surface area contributed by atoms with E-state index in [1.165, 1.54) is 0 Å². The highest BCUT2D eigenvalue weighted by Crippen LogP contribution is 2.50. The van der Waals surface area contributed by atoms with E-state index in [-0.39, 0.29) is 42.8 Å². The molecule has 1 aromatic rings. The molecule has 0 atom stereocenters. The van der Waals surface area contributed by atoms with Gasteiger partial charge in [0.05, 0.1) is 6.61 Å². The Morgan fingerprint density at radius 2 is 1.15 bits per heavy atom. The van der Waals surface area contributed by atoms with Gasteiger partial charge < -0.3 is 4.52 Å². The first-order valence-electron chi connectivity index (χ1n) is 9.60. The van der Waals surface area contributed by atoms with Crippen LogP contribution < -0.4 is 0 Å². The van der Waals surface area contributed by atoms with Gasteiger partial charge in [-0.05, 0) is 55.4 Å². The summed E-state index contributed by atoms with van der Waals surface area (Å²) in [5.41, 5.74) is -0.132. The van der Waals surface area contributed by atoms with Crippen molar-refractivity contribution >= 4 is 8.45 Å². The molecule has 0 amide bonds. The van der Waals surface area contributed by atoms with Crippen LogP contribution in [-0.2, 0) is 10.9 Å². The van der Waals surface area contributed by atoms with Crippen LogP contribution in [0.2, 0.25) is 0 Å². The number of hydrogen-bond acceptors (Lipinski definition) is 3. The predicted molar refractivity (Wildman–Crippen MR) is 107 cm³/mol. The van der Waals surface area contributed by atoms with E-state index in [0.717, 1.165) is 0 Å². The third kappa shape index (κ3) is 6.70. The lowest BCUT2D eigenvalue weighted by Crippen LogP contribution is -2.43. The number of hydrogen-bond donors (Lipinski definition) is 0. The Kier molecular flexibility index (Phi) is 9.70. The van der Waals surface area contributed by atoms with Crippen LogP contribution >= 0.6 is 8.45 Å². The smallest absolute Gasteiger partial charge is 0.188 e. The molecule has 27 heavy (non-hydrogen) atoms. The molecular weight excluding hydrogens is 372 g/mol. The van der Waals surface area contributed by atoms with Crippen LogP contribution in [0.5, 0.6) is 0 Å². The van der Waals surface area contributed by atoms with Gasteiger partial charge in [-0.15, -0.1) is 0 Å². The van der Waals surface area contributed by atoms with E-state index < -0.39 is 25.9 Å². The summed E-state index contributed by atoms with van der Waals surface area (Å²) in [4.78, 5) is 0. The molecule has 0 unspecified atom stereocenters. The Morgan fingerprint density at radius 1 is 0.778 bits per heavy atom. The molecule has 0 aliphatic carbocycles. The maximum absolute atomic E-state index is 13.9. The summed E-state index contributed by atoms with van der Waals surface area (Å²) < 4.78 is 51.8. The van der Waals surface area contributed by atoms with Crippen LogP contribution in [0.25, 0.3) is 0 Å². The van der Waals surface area contributed by atoms with Crippen molar-refractivity contribution in [2.45, 2.75) is 86.0 Å². The van der Waals surface area contributed by atoms with Crippen molar-refractivity contribution in [2.75, 3.05) is 6.61 Å². The highest BCUT2D eigenvalue weighted by Gasteiger charge is 2.34. The van der Waals surface area contributed by atoms with Crippen LogP contribution in [0.15, 0.2) is 12.1 Å². The Morgan fingerprint density at radius 3 is 1.48 bits per heavy atom. The lowest BCUT2D eigenvalue weighted by Gasteiger charge is -2.45. The average Bonchev–Trinajstić information content (AvgIpc) is 2.47. The second-order valence-electron chi connectivity index (χ2n) is 7.82. The fraction of sp³-hybridized carbons (Fsp3) is 0.700. The first-order valence-corrected chi connectivity index (χ1v) is 10.8. The molecule has 0 fully saturated rings. The van der Waals surface area contributed by atoms with E-state index in [4.69, 9.17) is 4.52 Å². The Balaban J connectivity index is 3.04. The largest absolute Gasteiger partial charge is 0.331 e. The molecule has 0 N–H and O–H groups in total. The summed E-state index contributed by atoms with van der Waals surface area (Å²) in [6.45, 7) is 17.1. The molecule has 7 heteroatoms. The van der Waals surface area contributed by atoms with Gasteiger partial charge in [-0.3, -0.25) is 0 Å². The predicted octanol–water partition coefficient (Wildman–Crippen LogP) is 6.13. The second kappa shape index (κ2) is 10.8. The molecule has 3 nitrogen and oxygen atoms in total. The zero-order valence-electron chi connectivity index (χ0n) is 17.8. The van der Waals surface area contributed by atoms with Crippen molar-refractivity contribution in [2.24, 2.45) is 0 Å². The SMILES string of the molecule is CC(C)N(C(C)C)P(OCCc1c(F)cc(F)cc1F)N(C(C)C)C(C)C. The monoisotopic (exact) mass is 406 g/mol. The topological polar surface area (TPSA) is 15.7 Å². The standard InChI is InChI=1S/C20H34F3N2OP/c1-13(2)24(14(3)4)27(25(15(5)6)16(7)8)26-10-9-18-19(22)11-17(21)12-20(18)23/h11-16H,9-10H2,1-8H3. The van der Waals surface area contributed by atoms with Gasteiger partial charge in [-0.2, -0.15) is 0 Å². The molecule has 1 rings (SSSR count). The van der Waals surface area contributed by atoms with E-state index in [1.54, 1.807) is 0 Å². The van der Waals surface area contributed by atoms with Crippen LogP contribution in [-0.4, -0.2) is 40.1 Å². The molecule has 0 saturated heterocycles. The Bertz CT molecular complexity index is 538. The molecule has 0 bridgehead atoms. The van der Waals surface area contributed by atoms with E-state index in [1.807, 2.05) is 0 Å². The van der Waals surface area contributed by atoms with Gasteiger partial charge >= 0.3 is 0 Å². The fourth-order valence-corrected chi connectivity index (χ4v) is 5.62. The van der Waals surface area contributed by atoms with Gasteiger partial charge in [0.15, 0.2) is 8.45 Å². The normalized spacial score (nSPS) is 12.8. The Hall–Kier alpha value is -0.680. The molecule has 0 aliphatic heterocycles. The molecule has 0 aromatic heterocycles. The van der Waals surface area contributed by atoms with Crippen LogP contribution in [0, 0.1) is 17.5 Å². The van der Waals surface area contributed by atoms with Gasteiger partial charge in [0.2, 0.25) is 0 Å². The lowest BCUT2D eigenvalue weighted by atomic mass is 10.1. The first kappa shape index (κ1) is 24.4. The van der Waals surface area contributed by atoms with Gasteiger partial charge in [0.25, 0.3) is 0 Å². The minimum Gasteiger partial charge on any atom is -0.331 e. The highest BCUT2D eigenvalue weighted by molar-refractivity contribution is 7.47. The zero-order valence-corrected chi connectivity index (χ0v) is 18.7. The van der Waals surface area contributed by atoms with Crippen molar-refractivity contribution in [3.05, 3.63) is 35.1 Å². The summed E-state index contributed by atoms with van der Waals surface area (Å²) in [6, 6.07) is 2.46. The quantitative estimate of drug-likeness (QED) is 0.435. The fourth-order valence-electron chi connectivity index (χ4n) is 3.28. The lowest BCUT2D eigenvalue weighted by molar-refractivity contribution is 0.187. The van der Waals surface area contributed by atoms with Crippen molar-refractivity contribution in [1.82, 2.24) is 9.34 Å². The minimum absolute atomic E-state index is 0.0604. The van der Waals surface area contributed by atoms with Gasteiger partial charge in [0, 0.05) is 48.3 Å². The summed E-state index contributed by atoms with van der Waals surface area (Å²) in [7, 11) is -1.12. The van der Waals surface area contributed by atoms with Gasteiger partial charge in [-0.25, -0.2) is 22.5 Å². The zero-order chi connectivity index (χ0) is 20.9. The number of nitrogens with zero attached hydrogens (tertiary/aromatic N) is 2. The second-order valence-corrected chi connectivity index (χ2v) is 9.51. The van der Waals surface area contributed by atoms with Crippen LogP contribution in [0.3, 0.4) is 0 Å². The van der Waals surface area contributed by atoms with E-state index in [2.05, 4.69) is 64.7 Å².